The number of anilines is 1. The number of methoxy groups -OCH3 is 1. The van der Waals surface area contributed by atoms with Gasteiger partial charge in [0.25, 0.3) is 0 Å². The Kier molecular flexibility index (Phi) is 4.10. The largest absolute Gasteiger partial charge is 0.496 e. The van der Waals surface area contributed by atoms with Gasteiger partial charge in [-0.1, -0.05) is 35.9 Å². The lowest BCUT2D eigenvalue weighted by atomic mass is 10.1. The first-order valence-corrected chi connectivity index (χ1v) is 6.55. The van der Waals surface area contributed by atoms with E-state index in [-0.39, 0.29) is 0 Å². The molecule has 0 fully saturated rings. The second-order valence-corrected chi connectivity index (χ2v) is 4.93. The van der Waals surface area contributed by atoms with Crippen molar-refractivity contribution >= 4 is 5.69 Å². The van der Waals surface area contributed by atoms with Crippen molar-refractivity contribution in [2.24, 2.45) is 0 Å². The highest BCUT2D eigenvalue weighted by atomic mass is 16.5. The van der Waals surface area contributed by atoms with Crippen molar-refractivity contribution < 1.29 is 4.74 Å². The van der Waals surface area contributed by atoms with Crippen molar-refractivity contribution in [1.82, 2.24) is 0 Å². The van der Waals surface area contributed by atoms with Crippen molar-refractivity contribution in [2.45, 2.75) is 27.3 Å². The van der Waals surface area contributed by atoms with Crippen LogP contribution in [0, 0.1) is 20.8 Å². The van der Waals surface area contributed by atoms with Gasteiger partial charge in [0.1, 0.15) is 5.75 Å². The molecule has 100 valence electrons. The number of nitrogens with one attached hydrogen (secondary N) is 1. The van der Waals surface area contributed by atoms with Crippen LogP contribution in [0.4, 0.5) is 5.69 Å². The molecule has 0 atom stereocenters. The van der Waals surface area contributed by atoms with Crippen LogP contribution >= 0.6 is 0 Å². The van der Waals surface area contributed by atoms with Crippen LogP contribution in [0.2, 0.25) is 0 Å². The van der Waals surface area contributed by atoms with Gasteiger partial charge >= 0.3 is 0 Å². The van der Waals surface area contributed by atoms with Gasteiger partial charge in [-0.3, -0.25) is 0 Å². The van der Waals surface area contributed by atoms with Gasteiger partial charge in [0.15, 0.2) is 0 Å². The van der Waals surface area contributed by atoms with Gasteiger partial charge in [-0.15, -0.1) is 0 Å². The van der Waals surface area contributed by atoms with Crippen LogP contribution in [0.1, 0.15) is 22.3 Å². The van der Waals surface area contributed by atoms with Crippen molar-refractivity contribution in [3.05, 3.63) is 58.7 Å². The highest BCUT2D eigenvalue weighted by Gasteiger charge is 2.07. The molecule has 0 radical (unpaired) electrons. The molecule has 0 aliphatic rings. The van der Waals surface area contributed by atoms with Crippen LogP contribution in [0.3, 0.4) is 0 Å². The molecule has 0 bridgehead atoms. The lowest BCUT2D eigenvalue weighted by Gasteiger charge is -2.15. The molecular weight excluding hydrogens is 234 g/mol. The van der Waals surface area contributed by atoms with Crippen molar-refractivity contribution in [2.75, 3.05) is 12.4 Å². The maximum Gasteiger partial charge on any atom is 0.126 e. The average molecular weight is 255 g/mol. The molecular formula is C17H21NO. The first-order chi connectivity index (χ1) is 9.11. The first-order valence-electron chi connectivity index (χ1n) is 6.55. The molecule has 2 aromatic carbocycles. The smallest absolute Gasteiger partial charge is 0.126 e. The molecule has 0 saturated heterocycles. The normalized spacial score (nSPS) is 10.3. The standard InChI is InChI=1S/C17H21NO/c1-12-5-8-15(9-6-12)11-18-16-10-7-13(2)17(19-4)14(16)3/h5-10,18H,11H2,1-4H3. The maximum atomic E-state index is 5.44. The molecule has 2 rings (SSSR count). The predicted octanol–water partition coefficient (Wildman–Crippen LogP) is 4.23. The Balaban J connectivity index is 2.13. The van der Waals surface area contributed by atoms with E-state index in [2.05, 4.69) is 62.5 Å². The minimum absolute atomic E-state index is 0.827. The van der Waals surface area contributed by atoms with Gasteiger partial charge < -0.3 is 10.1 Å². The van der Waals surface area contributed by atoms with Gasteiger partial charge in [-0.25, -0.2) is 0 Å². The first kappa shape index (κ1) is 13.5. The molecule has 0 unspecified atom stereocenters. The summed E-state index contributed by atoms with van der Waals surface area (Å²) in [5, 5.41) is 3.47. The van der Waals surface area contributed by atoms with E-state index in [0.29, 0.717) is 0 Å². The molecule has 2 aromatic rings. The number of hydrogen-bond acceptors (Lipinski definition) is 2. The number of ether oxygens (including phenoxy) is 1. The molecule has 2 heteroatoms. The molecule has 0 saturated carbocycles. The molecule has 19 heavy (non-hydrogen) atoms. The molecule has 0 aromatic heterocycles. The zero-order chi connectivity index (χ0) is 13.8. The fourth-order valence-corrected chi connectivity index (χ4v) is 2.24. The Morgan fingerprint density at radius 1 is 0.947 bits per heavy atom. The molecule has 0 heterocycles. The third-order valence-corrected chi connectivity index (χ3v) is 3.41. The van der Waals surface area contributed by atoms with Crippen molar-refractivity contribution in [3.63, 3.8) is 0 Å². The fraction of sp³-hybridized carbons (Fsp3) is 0.294. The van der Waals surface area contributed by atoms with Crippen molar-refractivity contribution in [3.8, 4) is 5.75 Å². The van der Waals surface area contributed by atoms with Crippen LogP contribution in [0.5, 0.6) is 5.75 Å². The lowest BCUT2D eigenvalue weighted by Crippen LogP contribution is -2.02. The van der Waals surface area contributed by atoms with Gasteiger partial charge in [-0.2, -0.15) is 0 Å². The van der Waals surface area contributed by atoms with E-state index >= 15 is 0 Å². The summed E-state index contributed by atoms with van der Waals surface area (Å²) in [5.41, 5.74) is 6.03. The monoisotopic (exact) mass is 255 g/mol. The Labute approximate surface area is 115 Å². The Bertz CT molecular complexity index is 558. The van der Waals surface area contributed by atoms with E-state index in [9.17, 15) is 0 Å². The van der Waals surface area contributed by atoms with Crippen LogP contribution in [0.15, 0.2) is 36.4 Å². The van der Waals surface area contributed by atoms with Crippen LogP contribution in [-0.2, 0) is 6.54 Å². The van der Waals surface area contributed by atoms with Crippen LogP contribution in [0.25, 0.3) is 0 Å². The second kappa shape index (κ2) is 5.79. The van der Waals surface area contributed by atoms with Crippen molar-refractivity contribution in [1.29, 1.82) is 0 Å². The molecule has 1 N–H and O–H groups in total. The summed E-state index contributed by atoms with van der Waals surface area (Å²) < 4.78 is 5.44. The minimum Gasteiger partial charge on any atom is -0.496 e. The second-order valence-electron chi connectivity index (χ2n) is 4.93. The van der Waals surface area contributed by atoms with Gasteiger partial charge in [-0.05, 0) is 38.0 Å². The van der Waals surface area contributed by atoms with E-state index in [0.717, 1.165) is 23.5 Å². The Morgan fingerprint density at radius 2 is 1.63 bits per heavy atom. The highest BCUT2D eigenvalue weighted by Crippen LogP contribution is 2.29. The summed E-state index contributed by atoms with van der Waals surface area (Å²) in [5.74, 6) is 0.967. The van der Waals surface area contributed by atoms with Crippen LogP contribution < -0.4 is 10.1 Å². The van der Waals surface area contributed by atoms with E-state index in [1.807, 2.05) is 0 Å². The maximum absolute atomic E-state index is 5.44. The van der Waals surface area contributed by atoms with E-state index in [1.165, 1.54) is 16.7 Å². The van der Waals surface area contributed by atoms with E-state index in [1.54, 1.807) is 7.11 Å². The van der Waals surface area contributed by atoms with Gasteiger partial charge in [0.05, 0.1) is 7.11 Å². The summed E-state index contributed by atoms with van der Waals surface area (Å²) >= 11 is 0. The topological polar surface area (TPSA) is 21.3 Å². The Morgan fingerprint density at radius 3 is 2.26 bits per heavy atom. The SMILES string of the molecule is COc1c(C)ccc(NCc2ccc(C)cc2)c1C. The van der Waals surface area contributed by atoms with Gasteiger partial charge in [0, 0.05) is 17.8 Å². The summed E-state index contributed by atoms with van der Waals surface area (Å²) in [7, 11) is 1.72. The summed E-state index contributed by atoms with van der Waals surface area (Å²) in [6.07, 6.45) is 0. The van der Waals surface area contributed by atoms with Crippen LogP contribution in [-0.4, -0.2) is 7.11 Å². The molecule has 0 amide bonds. The number of aryl methyl sites for hydroxylation is 2. The minimum atomic E-state index is 0.827. The summed E-state index contributed by atoms with van der Waals surface area (Å²) in [6.45, 7) is 7.08. The molecule has 0 spiro atoms. The van der Waals surface area contributed by atoms with E-state index in [4.69, 9.17) is 4.74 Å². The molecule has 2 nitrogen and oxygen atoms in total. The van der Waals surface area contributed by atoms with Gasteiger partial charge in [0.2, 0.25) is 0 Å². The number of benzene rings is 2. The third-order valence-electron chi connectivity index (χ3n) is 3.41. The zero-order valence-corrected chi connectivity index (χ0v) is 12.1. The molecule has 0 aliphatic heterocycles. The summed E-state index contributed by atoms with van der Waals surface area (Å²) in [4.78, 5) is 0. The Hall–Kier alpha value is -1.96. The fourth-order valence-electron chi connectivity index (χ4n) is 2.24. The zero-order valence-electron chi connectivity index (χ0n) is 12.1. The lowest BCUT2D eigenvalue weighted by molar-refractivity contribution is 0.409. The number of hydrogen-bond donors (Lipinski definition) is 1. The molecule has 0 aliphatic carbocycles. The van der Waals surface area contributed by atoms with E-state index < -0.39 is 0 Å². The number of rotatable bonds is 4. The highest BCUT2D eigenvalue weighted by molar-refractivity contribution is 5.59. The third kappa shape index (κ3) is 3.08. The predicted molar refractivity (Wildman–Crippen MR) is 81.0 cm³/mol. The summed E-state index contributed by atoms with van der Waals surface area (Å²) in [6, 6.07) is 12.8. The quantitative estimate of drug-likeness (QED) is 0.882. The average Bonchev–Trinajstić information content (AvgIpc) is 2.40.